The summed E-state index contributed by atoms with van der Waals surface area (Å²) in [6.07, 6.45) is 1.60. The van der Waals surface area contributed by atoms with Gasteiger partial charge in [0.05, 0.1) is 12.1 Å². The molecule has 0 aliphatic rings. The van der Waals surface area contributed by atoms with Gasteiger partial charge >= 0.3 is 0 Å². The van der Waals surface area contributed by atoms with Gasteiger partial charge in [-0.3, -0.25) is 9.59 Å². The van der Waals surface area contributed by atoms with Crippen molar-refractivity contribution >= 4 is 11.6 Å². The van der Waals surface area contributed by atoms with Gasteiger partial charge in [-0.05, 0) is 30.2 Å². The first-order chi connectivity index (χ1) is 11.6. The largest absolute Gasteiger partial charge is 0.322 e. The fourth-order valence-corrected chi connectivity index (χ4v) is 2.48. The van der Waals surface area contributed by atoms with Crippen molar-refractivity contribution in [3.63, 3.8) is 0 Å². The van der Waals surface area contributed by atoms with Crippen molar-refractivity contribution in [3.05, 3.63) is 100.0 Å². The molecule has 2 aromatic carbocycles. The van der Waals surface area contributed by atoms with E-state index in [2.05, 4.69) is 5.32 Å². The lowest BCUT2D eigenvalue weighted by Gasteiger charge is -2.10. The van der Waals surface area contributed by atoms with Crippen LogP contribution in [0.15, 0.2) is 77.7 Å². The zero-order chi connectivity index (χ0) is 16.9. The first kappa shape index (κ1) is 15.7. The average Bonchev–Trinajstić information content (AvgIpc) is 2.60. The zero-order valence-corrected chi connectivity index (χ0v) is 13.4. The van der Waals surface area contributed by atoms with Gasteiger partial charge < -0.3 is 9.88 Å². The van der Waals surface area contributed by atoms with Crippen LogP contribution in [0.4, 0.5) is 5.69 Å². The molecule has 0 saturated carbocycles. The van der Waals surface area contributed by atoms with E-state index in [0.717, 1.165) is 16.8 Å². The van der Waals surface area contributed by atoms with Crippen LogP contribution in [-0.2, 0) is 6.54 Å². The molecule has 1 N–H and O–H groups in total. The van der Waals surface area contributed by atoms with E-state index in [4.69, 9.17) is 0 Å². The van der Waals surface area contributed by atoms with Crippen LogP contribution in [-0.4, -0.2) is 10.5 Å². The quantitative estimate of drug-likeness (QED) is 0.801. The van der Waals surface area contributed by atoms with Gasteiger partial charge in [-0.2, -0.15) is 0 Å². The molecule has 120 valence electrons. The molecule has 1 aromatic heterocycles. The SMILES string of the molecule is Cc1ccccc1NC(=O)c1ccc(=O)n(Cc2ccccc2)c1. The van der Waals surface area contributed by atoms with E-state index < -0.39 is 0 Å². The molecule has 0 saturated heterocycles. The van der Waals surface area contributed by atoms with Crippen molar-refractivity contribution < 1.29 is 4.79 Å². The standard InChI is InChI=1S/C20H18N2O2/c1-15-7-5-6-10-18(15)21-20(24)17-11-12-19(23)22(14-17)13-16-8-3-2-4-9-16/h2-12,14H,13H2,1H3,(H,21,24). The number of amides is 1. The van der Waals surface area contributed by atoms with E-state index >= 15 is 0 Å². The molecule has 0 aliphatic carbocycles. The summed E-state index contributed by atoms with van der Waals surface area (Å²) in [7, 11) is 0. The van der Waals surface area contributed by atoms with E-state index in [-0.39, 0.29) is 11.5 Å². The maximum absolute atomic E-state index is 12.5. The van der Waals surface area contributed by atoms with Crippen molar-refractivity contribution in [3.8, 4) is 0 Å². The highest BCUT2D eigenvalue weighted by atomic mass is 16.2. The van der Waals surface area contributed by atoms with E-state index in [0.29, 0.717) is 12.1 Å². The average molecular weight is 318 g/mol. The molecular formula is C20H18N2O2. The number of benzene rings is 2. The van der Waals surface area contributed by atoms with Gasteiger partial charge in [-0.25, -0.2) is 0 Å². The molecule has 0 aliphatic heterocycles. The van der Waals surface area contributed by atoms with Crippen molar-refractivity contribution in [1.82, 2.24) is 4.57 Å². The van der Waals surface area contributed by atoms with Gasteiger partial charge in [0.25, 0.3) is 11.5 Å². The summed E-state index contributed by atoms with van der Waals surface area (Å²) in [4.78, 5) is 24.5. The Labute approximate surface area is 140 Å². The van der Waals surface area contributed by atoms with Crippen LogP contribution in [0.2, 0.25) is 0 Å². The lowest BCUT2D eigenvalue weighted by atomic mass is 10.2. The second-order valence-corrected chi connectivity index (χ2v) is 5.64. The van der Waals surface area contributed by atoms with Crippen molar-refractivity contribution in [2.75, 3.05) is 5.32 Å². The number of nitrogens with one attached hydrogen (secondary N) is 1. The third kappa shape index (κ3) is 3.60. The number of carbonyl (C=O) groups excluding carboxylic acids is 1. The highest BCUT2D eigenvalue weighted by Crippen LogP contribution is 2.14. The molecular weight excluding hydrogens is 300 g/mol. The normalized spacial score (nSPS) is 10.4. The van der Waals surface area contributed by atoms with Crippen LogP contribution in [0.1, 0.15) is 21.5 Å². The van der Waals surface area contributed by atoms with E-state index in [9.17, 15) is 9.59 Å². The third-order valence-electron chi connectivity index (χ3n) is 3.83. The second kappa shape index (κ2) is 6.96. The van der Waals surface area contributed by atoms with Crippen LogP contribution in [0.5, 0.6) is 0 Å². The number of aromatic nitrogens is 1. The predicted molar refractivity (Wildman–Crippen MR) is 95.4 cm³/mol. The molecule has 0 unspecified atom stereocenters. The number of carbonyl (C=O) groups is 1. The molecule has 0 fully saturated rings. The number of anilines is 1. The van der Waals surface area contributed by atoms with Gasteiger partial charge in [0.2, 0.25) is 0 Å². The van der Waals surface area contributed by atoms with E-state index in [1.54, 1.807) is 16.8 Å². The summed E-state index contributed by atoms with van der Waals surface area (Å²) in [5, 5.41) is 2.88. The highest BCUT2D eigenvalue weighted by Gasteiger charge is 2.09. The van der Waals surface area contributed by atoms with Crippen LogP contribution >= 0.6 is 0 Å². The Morgan fingerprint density at radius 3 is 2.42 bits per heavy atom. The number of nitrogens with zero attached hydrogens (tertiary/aromatic N) is 1. The van der Waals surface area contributed by atoms with E-state index in [1.165, 1.54) is 6.07 Å². The summed E-state index contributed by atoms with van der Waals surface area (Å²) in [6, 6.07) is 20.2. The number of hydrogen-bond acceptors (Lipinski definition) is 2. The molecule has 4 nitrogen and oxygen atoms in total. The maximum Gasteiger partial charge on any atom is 0.257 e. The van der Waals surface area contributed by atoms with Gasteiger partial charge in [0.15, 0.2) is 0 Å². The summed E-state index contributed by atoms with van der Waals surface area (Å²) in [6.45, 7) is 2.37. The summed E-state index contributed by atoms with van der Waals surface area (Å²) >= 11 is 0. The summed E-state index contributed by atoms with van der Waals surface area (Å²) in [5.41, 5.74) is 3.09. The molecule has 0 radical (unpaired) electrons. The minimum atomic E-state index is -0.230. The molecule has 0 atom stereocenters. The third-order valence-corrected chi connectivity index (χ3v) is 3.83. The molecule has 4 heteroatoms. The number of aryl methyl sites for hydroxylation is 1. The van der Waals surface area contributed by atoms with Crippen LogP contribution in [0, 0.1) is 6.92 Å². The van der Waals surface area contributed by atoms with Crippen LogP contribution in [0.3, 0.4) is 0 Å². The second-order valence-electron chi connectivity index (χ2n) is 5.64. The zero-order valence-electron chi connectivity index (χ0n) is 13.4. The van der Waals surface area contributed by atoms with Gasteiger partial charge in [-0.1, -0.05) is 48.5 Å². The Morgan fingerprint density at radius 1 is 0.958 bits per heavy atom. The number of rotatable bonds is 4. The molecule has 24 heavy (non-hydrogen) atoms. The smallest absolute Gasteiger partial charge is 0.257 e. The number of hydrogen-bond donors (Lipinski definition) is 1. The Morgan fingerprint density at radius 2 is 1.67 bits per heavy atom. The summed E-state index contributed by atoms with van der Waals surface area (Å²) < 4.78 is 1.54. The minimum absolute atomic E-state index is 0.133. The molecule has 1 amide bonds. The van der Waals surface area contributed by atoms with E-state index in [1.807, 2.05) is 61.5 Å². The summed E-state index contributed by atoms with van der Waals surface area (Å²) in [5.74, 6) is -0.230. The van der Waals surface area contributed by atoms with Gasteiger partial charge in [-0.15, -0.1) is 0 Å². The molecule has 0 spiro atoms. The molecule has 0 bridgehead atoms. The maximum atomic E-state index is 12.5. The lowest BCUT2D eigenvalue weighted by molar-refractivity contribution is 0.102. The topological polar surface area (TPSA) is 51.1 Å². The number of pyridine rings is 1. The first-order valence-electron chi connectivity index (χ1n) is 7.75. The van der Waals surface area contributed by atoms with Crippen LogP contribution in [0.25, 0.3) is 0 Å². The molecule has 1 heterocycles. The number of para-hydroxylation sites is 1. The minimum Gasteiger partial charge on any atom is -0.322 e. The van der Waals surface area contributed by atoms with Gasteiger partial charge in [0, 0.05) is 18.0 Å². The Hall–Kier alpha value is -3.14. The van der Waals surface area contributed by atoms with Gasteiger partial charge in [0.1, 0.15) is 0 Å². The first-order valence-corrected chi connectivity index (χ1v) is 7.75. The van der Waals surface area contributed by atoms with Crippen molar-refractivity contribution in [2.45, 2.75) is 13.5 Å². The Bertz CT molecular complexity index is 914. The molecule has 3 aromatic rings. The Balaban J connectivity index is 1.84. The van der Waals surface area contributed by atoms with Crippen molar-refractivity contribution in [2.24, 2.45) is 0 Å². The fraction of sp³-hybridized carbons (Fsp3) is 0.100. The molecule has 3 rings (SSSR count). The predicted octanol–water partition coefficient (Wildman–Crippen LogP) is 3.46. The monoisotopic (exact) mass is 318 g/mol. The fourth-order valence-electron chi connectivity index (χ4n) is 2.48. The van der Waals surface area contributed by atoms with Crippen molar-refractivity contribution in [1.29, 1.82) is 0 Å². The Kier molecular flexibility index (Phi) is 4.57. The van der Waals surface area contributed by atoms with Crippen LogP contribution < -0.4 is 10.9 Å². The highest BCUT2D eigenvalue weighted by molar-refractivity contribution is 6.04. The lowest BCUT2D eigenvalue weighted by Crippen LogP contribution is -2.22.